The number of aryl methyl sites for hydroxylation is 1. The molecule has 0 atom stereocenters. The maximum absolute atomic E-state index is 11.8. The molecule has 0 aromatic heterocycles. The van der Waals surface area contributed by atoms with E-state index in [1.165, 1.54) is 0 Å². The lowest BCUT2D eigenvalue weighted by atomic mass is 10.2. The van der Waals surface area contributed by atoms with Gasteiger partial charge in [-0.1, -0.05) is 6.07 Å². The SMILES string of the molecule is Cc1cc(NC(=O)Nc2cccc(C#N)c2)ccc1N. The Hall–Kier alpha value is -3.00. The van der Waals surface area contributed by atoms with E-state index in [0.717, 1.165) is 5.56 Å². The van der Waals surface area contributed by atoms with Gasteiger partial charge < -0.3 is 16.4 Å². The highest BCUT2D eigenvalue weighted by atomic mass is 16.2. The number of urea groups is 1. The highest BCUT2D eigenvalue weighted by Gasteiger charge is 2.04. The summed E-state index contributed by atoms with van der Waals surface area (Å²) in [7, 11) is 0. The van der Waals surface area contributed by atoms with E-state index in [4.69, 9.17) is 11.0 Å². The number of nitrogens with two attached hydrogens (primary N) is 1. The van der Waals surface area contributed by atoms with Crippen molar-refractivity contribution < 1.29 is 4.79 Å². The zero-order chi connectivity index (χ0) is 14.5. The van der Waals surface area contributed by atoms with Gasteiger partial charge in [-0.25, -0.2) is 4.79 Å². The van der Waals surface area contributed by atoms with Gasteiger partial charge in [-0.3, -0.25) is 0 Å². The minimum atomic E-state index is -0.371. The molecule has 0 fully saturated rings. The molecule has 5 nitrogen and oxygen atoms in total. The third kappa shape index (κ3) is 3.27. The van der Waals surface area contributed by atoms with Crippen LogP contribution in [0.3, 0.4) is 0 Å². The van der Waals surface area contributed by atoms with Crippen molar-refractivity contribution >= 4 is 23.1 Å². The Morgan fingerprint density at radius 2 is 1.85 bits per heavy atom. The minimum absolute atomic E-state index is 0.371. The number of hydrogen-bond donors (Lipinski definition) is 3. The fourth-order valence-corrected chi connectivity index (χ4v) is 1.71. The third-order valence-corrected chi connectivity index (χ3v) is 2.78. The molecular formula is C15H14N4O. The molecule has 0 saturated heterocycles. The van der Waals surface area contributed by atoms with Gasteiger partial charge in [-0.05, 0) is 48.9 Å². The highest BCUT2D eigenvalue weighted by Crippen LogP contribution is 2.17. The highest BCUT2D eigenvalue weighted by molar-refractivity contribution is 6.00. The van der Waals surface area contributed by atoms with Crippen molar-refractivity contribution in [3.63, 3.8) is 0 Å². The topological polar surface area (TPSA) is 90.9 Å². The summed E-state index contributed by atoms with van der Waals surface area (Å²) in [6.45, 7) is 1.87. The van der Waals surface area contributed by atoms with Gasteiger partial charge in [0.05, 0.1) is 11.6 Å². The molecule has 5 heteroatoms. The average Bonchev–Trinajstić information content (AvgIpc) is 2.43. The minimum Gasteiger partial charge on any atom is -0.399 e. The van der Waals surface area contributed by atoms with E-state index in [1.54, 1.807) is 42.5 Å². The molecule has 20 heavy (non-hydrogen) atoms. The molecule has 100 valence electrons. The largest absolute Gasteiger partial charge is 0.399 e. The standard InChI is InChI=1S/C15H14N4O/c1-10-7-13(5-6-14(10)17)19-15(20)18-12-4-2-3-11(8-12)9-16/h2-8H,17H2,1H3,(H2,18,19,20). The molecule has 2 amide bonds. The first-order valence-electron chi connectivity index (χ1n) is 6.03. The summed E-state index contributed by atoms with van der Waals surface area (Å²) in [6.07, 6.45) is 0. The number of nitrogens with one attached hydrogen (secondary N) is 2. The maximum atomic E-state index is 11.8. The van der Waals surface area contributed by atoms with Crippen LogP contribution in [0.15, 0.2) is 42.5 Å². The lowest BCUT2D eigenvalue weighted by Crippen LogP contribution is -2.19. The van der Waals surface area contributed by atoms with Crippen molar-refractivity contribution in [3.8, 4) is 6.07 Å². The molecule has 0 spiro atoms. The van der Waals surface area contributed by atoms with Crippen LogP contribution in [0, 0.1) is 18.3 Å². The van der Waals surface area contributed by atoms with Gasteiger partial charge in [0.2, 0.25) is 0 Å². The Morgan fingerprint density at radius 1 is 1.15 bits per heavy atom. The fourth-order valence-electron chi connectivity index (χ4n) is 1.71. The van der Waals surface area contributed by atoms with Crippen LogP contribution in [0.5, 0.6) is 0 Å². The normalized spacial score (nSPS) is 9.60. The molecule has 0 aliphatic heterocycles. The molecule has 0 radical (unpaired) electrons. The van der Waals surface area contributed by atoms with Crippen LogP contribution in [0.4, 0.5) is 21.9 Å². The van der Waals surface area contributed by atoms with E-state index in [0.29, 0.717) is 22.6 Å². The Labute approximate surface area is 117 Å². The van der Waals surface area contributed by atoms with Gasteiger partial charge >= 0.3 is 6.03 Å². The summed E-state index contributed by atoms with van der Waals surface area (Å²) in [5.74, 6) is 0. The smallest absolute Gasteiger partial charge is 0.323 e. The van der Waals surface area contributed by atoms with Crippen molar-refractivity contribution in [2.75, 3.05) is 16.4 Å². The molecular weight excluding hydrogens is 252 g/mol. The lowest BCUT2D eigenvalue weighted by molar-refractivity contribution is 0.262. The van der Waals surface area contributed by atoms with Crippen molar-refractivity contribution in [1.29, 1.82) is 5.26 Å². The zero-order valence-electron chi connectivity index (χ0n) is 11.0. The molecule has 2 aromatic rings. The first-order valence-corrected chi connectivity index (χ1v) is 6.03. The van der Waals surface area contributed by atoms with Crippen molar-refractivity contribution in [2.45, 2.75) is 6.92 Å². The van der Waals surface area contributed by atoms with Crippen molar-refractivity contribution in [1.82, 2.24) is 0 Å². The number of carbonyl (C=O) groups excluding carboxylic acids is 1. The van der Waals surface area contributed by atoms with E-state index in [-0.39, 0.29) is 6.03 Å². The van der Waals surface area contributed by atoms with Crippen LogP contribution in [-0.2, 0) is 0 Å². The second kappa shape index (κ2) is 5.76. The lowest BCUT2D eigenvalue weighted by Gasteiger charge is -2.09. The molecule has 0 bridgehead atoms. The molecule has 0 unspecified atom stereocenters. The van der Waals surface area contributed by atoms with Crippen LogP contribution in [0.2, 0.25) is 0 Å². The Bertz CT molecular complexity index is 689. The summed E-state index contributed by atoms with van der Waals surface area (Å²) in [5.41, 5.74) is 9.01. The number of hydrogen-bond acceptors (Lipinski definition) is 3. The van der Waals surface area contributed by atoms with Gasteiger partial charge in [-0.15, -0.1) is 0 Å². The number of nitrogen functional groups attached to an aromatic ring is 1. The first-order chi connectivity index (χ1) is 9.58. The number of anilines is 3. The van der Waals surface area contributed by atoms with Gasteiger partial charge in [0.1, 0.15) is 0 Å². The number of rotatable bonds is 2. The molecule has 0 aliphatic rings. The van der Waals surface area contributed by atoms with E-state index in [9.17, 15) is 4.79 Å². The summed E-state index contributed by atoms with van der Waals surface area (Å²) in [5, 5.41) is 14.2. The monoisotopic (exact) mass is 266 g/mol. The van der Waals surface area contributed by atoms with Gasteiger partial charge in [-0.2, -0.15) is 5.26 Å². The van der Waals surface area contributed by atoms with Crippen molar-refractivity contribution in [2.24, 2.45) is 0 Å². The summed E-state index contributed by atoms with van der Waals surface area (Å²) in [6, 6.07) is 13.6. The predicted octanol–water partition coefficient (Wildman–Crippen LogP) is 3.09. The maximum Gasteiger partial charge on any atom is 0.323 e. The molecule has 2 rings (SSSR count). The predicted molar refractivity (Wildman–Crippen MR) is 79.4 cm³/mol. The molecule has 2 aromatic carbocycles. The van der Waals surface area contributed by atoms with E-state index in [2.05, 4.69) is 10.6 Å². The van der Waals surface area contributed by atoms with Crippen LogP contribution in [-0.4, -0.2) is 6.03 Å². The van der Waals surface area contributed by atoms with Gasteiger partial charge in [0.15, 0.2) is 0 Å². The number of benzene rings is 2. The molecule has 4 N–H and O–H groups in total. The van der Waals surface area contributed by atoms with E-state index >= 15 is 0 Å². The van der Waals surface area contributed by atoms with Crippen LogP contribution >= 0.6 is 0 Å². The van der Waals surface area contributed by atoms with Gasteiger partial charge in [0.25, 0.3) is 0 Å². The second-order valence-electron chi connectivity index (χ2n) is 4.34. The Morgan fingerprint density at radius 3 is 2.50 bits per heavy atom. The van der Waals surface area contributed by atoms with Crippen LogP contribution < -0.4 is 16.4 Å². The number of nitriles is 1. The van der Waals surface area contributed by atoms with E-state index < -0.39 is 0 Å². The van der Waals surface area contributed by atoms with Crippen LogP contribution in [0.25, 0.3) is 0 Å². The number of amides is 2. The first kappa shape index (κ1) is 13.4. The second-order valence-corrected chi connectivity index (χ2v) is 4.34. The Kier molecular flexibility index (Phi) is 3.87. The third-order valence-electron chi connectivity index (χ3n) is 2.78. The number of carbonyl (C=O) groups is 1. The number of nitrogens with zero attached hydrogens (tertiary/aromatic N) is 1. The Balaban J connectivity index is 2.05. The van der Waals surface area contributed by atoms with Crippen molar-refractivity contribution in [3.05, 3.63) is 53.6 Å². The summed E-state index contributed by atoms with van der Waals surface area (Å²) >= 11 is 0. The molecule has 0 aliphatic carbocycles. The quantitative estimate of drug-likeness (QED) is 0.729. The van der Waals surface area contributed by atoms with E-state index in [1.807, 2.05) is 13.0 Å². The molecule has 0 saturated carbocycles. The molecule has 0 heterocycles. The van der Waals surface area contributed by atoms with Crippen LogP contribution in [0.1, 0.15) is 11.1 Å². The fraction of sp³-hybridized carbons (Fsp3) is 0.0667. The average molecular weight is 266 g/mol. The summed E-state index contributed by atoms with van der Waals surface area (Å²) in [4.78, 5) is 11.8. The van der Waals surface area contributed by atoms with Gasteiger partial charge in [0, 0.05) is 17.1 Å². The summed E-state index contributed by atoms with van der Waals surface area (Å²) < 4.78 is 0. The zero-order valence-corrected chi connectivity index (χ0v) is 11.0.